The molecule has 2 saturated carbocycles. The van der Waals surface area contributed by atoms with Crippen molar-refractivity contribution >= 4 is 29.4 Å². The Hall–Kier alpha value is -3.36. The smallest absolute Gasteiger partial charge is 0.407 e. The number of rotatable bonds is 7. The van der Waals surface area contributed by atoms with Crippen molar-refractivity contribution in [3.8, 4) is 0 Å². The lowest BCUT2D eigenvalue weighted by Gasteiger charge is -2.16. The van der Waals surface area contributed by atoms with Crippen molar-refractivity contribution in [2.24, 2.45) is 0 Å². The van der Waals surface area contributed by atoms with Crippen molar-refractivity contribution in [1.82, 2.24) is 15.5 Å². The molecule has 9 nitrogen and oxygen atoms in total. The molecule has 2 aromatic rings. The van der Waals surface area contributed by atoms with Gasteiger partial charge in [-0.15, -0.1) is 0 Å². The third kappa shape index (κ3) is 5.24. The summed E-state index contributed by atoms with van der Waals surface area (Å²) in [6, 6.07) is 9.41. The number of nitrogens with one attached hydrogen (secondary N) is 3. The fourth-order valence-electron chi connectivity index (χ4n) is 4.77. The van der Waals surface area contributed by atoms with Crippen molar-refractivity contribution in [3.05, 3.63) is 41.6 Å². The molecule has 1 aliphatic heterocycles. The number of alkyl carbamates (subject to hydrolysis) is 1. The maximum absolute atomic E-state index is 12.5. The van der Waals surface area contributed by atoms with Crippen molar-refractivity contribution in [3.63, 3.8) is 0 Å². The minimum absolute atomic E-state index is 0.0828. The monoisotopic (exact) mass is 465 g/mol. The van der Waals surface area contributed by atoms with Gasteiger partial charge < -0.3 is 20.3 Å². The van der Waals surface area contributed by atoms with E-state index in [-0.39, 0.29) is 41.9 Å². The number of benzene rings is 1. The Bertz CT molecular complexity index is 1080. The molecule has 3 amide bonds. The molecule has 2 heterocycles. The highest BCUT2D eigenvalue weighted by Crippen LogP contribution is 2.37. The number of hydrogen-bond donors (Lipinski definition) is 3. The van der Waals surface area contributed by atoms with Crippen molar-refractivity contribution < 1.29 is 19.1 Å². The Morgan fingerprint density at radius 2 is 2.03 bits per heavy atom. The minimum atomic E-state index is -0.330. The van der Waals surface area contributed by atoms with E-state index in [1.165, 1.54) is 0 Å². The van der Waals surface area contributed by atoms with Gasteiger partial charge in [-0.3, -0.25) is 14.7 Å². The van der Waals surface area contributed by atoms with E-state index in [0.717, 1.165) is 62.0 Å². The summed E-state index contributed by atoms with van der Waals surface area (Å²) in [5.74, 6) is 0.702. The summed E-state index contributed by atoms with van der Waals surface area (Å²) in [6.07, 6.45) is 5.74. The van der Waals surface area contributed by atoms with Gasteiger partial charge in [-0.1, -0.05) is 12.1 Å². The van der Waals surface area contributed by atoms with Crippen LogP contribution in [0.25, 0.3) is 0 Å². The van der Waals surface area contributed by atoms with Crippen LogP contribution in [0.1, 0.15) is 69.0 Å². The summed E-state index contributed by atoms with van der Waals surface area (Å²) in [5.41, 5.74) is 2.61. The van der Waals surface area contributed by atoms with Crippen molar-refractivity contribution in [2.45, 2.75) is 75.9 Å². The second-order valence-electron chi connectivity index (χ2n) is 9.97. The molecule has 5 rings (SSSR count). The Labute approximate surface area is 198 Å². The molecule has 34 heavy (non-hydrogen) atoms. The van der Waals surface area contributed by atoms with Crippen molar-refractivity contribution in [1.29, 1.82) is 0 Å². The molecule has 3 N–H and O–H groups in total. The van der Waals surface area contributed by atoms with Gasteiger partial charge in [-0.05, 0) is 63.1 Å². The van der Waals surface area contributed by atoms with Gasteiger partial charge in [0.2, 0.25) is 11.8 Å². The van der Waals surface area contributed by atoms with Crippen molar-refractivity contribution in [2.75, 3.05) is 16.8 Å². The second-order valence-corrected chi connectivity index (χ2v) is 9.97. The molecular formula is C25H31N5O4. The number of nitrogens with zero attached hydrogens (tertiary/aromatic N) is 2. The van der Waals surface area contributed by atoms with Crippen LogP contribution in [0.2, 0.25) is 0 Å². The van der Waals surface area contributed by atoms with Crippen LogP contribution in [-0.2, 0) is 20.7 Å². The molecule has 2 atom stereocenters. The van der Waals surface area contributed by atoms with Crippen LogP contribution in [0.15, 0.2) is 30.3 Å². The molecule has 180 valence electrons. The zero-order chi connectivity index (χ0) is 23.7. The van der Waals surface area contributed by atoms with E-state index >= 15 is 0 Å². The van der Waals surface area contributed by atoms with E-state index in [1.807, 2.05) is 37.3 Å². The highest BCUT2D eigenvalue weighted by molar-refractivity contribution is 5.95. The summed E-state index contributed by atoms with van der Waals surface area (Å²) < 4.78 is 5.59. The number of ether oxygens (including phenoxy) is 1. The van der Waals surface area contributed by atoms with Gasteiger partial charge in [0.15, 0.2) is 5.82 Å². The SMILES string of the molecule is CC1(NC(=O)OC2CCC(c3cc(NC(=O)Cc4ccc(N5CCCC5=O)cc4)n[nH]3)C2)CC1. The largest absolute Gasteiger partial charge is 0.446 e. The number of aromatic nitrogens is 2. The maximum Gasteiger partial charge on any atom is 0.407 e. The Balaban J connectivity index is 1.09. The number of carbonyl (C=O) groups excluding carboxylic acids is 3. The van der Waals surface area contributed by atoms with E-state index in [9.17, 15) is 14.4 Å². The highest BCUT2D eigenvalue weighted by Gasteiger charge is 2.40. The zero-order valence-electron chi connectivity index (χ0n) is 19.4. The molecule has 0 bridgehead atoms. The van der Waals surface area contributed by atoms with Crippen LogP contribution >= 0.6 is 0 Å². The molecule has 3 fully saturated rings. The molecule has 1 aromatic carbocycles. The molecule has 0 radical (unpaired) electrons. The number of H-pyrrole nitrogens is 1. The van der Waals surface area contributed by atoms with Gasteiger partial charge >= 0.3 is 6.09 Å². The first-order valence-electron chi connectivity index (χ1n) is 12.1. The number of hydrogen-bond acceptors (Lipinski definition) is 5. The normalized spacial score (nSPS) is 23.1. The predicted molar refractivity (Wildman–Crippen MR) is 127 cm³/mol. The highest BCUT2D eigenvalue weighted by atomic mass is 16.6. The third-order valence-corrected chi connectivity index (χ3v) is 7.05. The molecule has 2 unspecified atom stereocenters. The predicted octanol–water partition coefficient (Wildman–Crippen LogP) is 3.63. The van der Waals surface area contributed by atoms with Gasteiger partial charge in [0.05, 0.1) is 6.42 Å². The van der Waals surface area contributed by atoms with E-state index < -0.39 is 0 Å². The number of anilines is 2. The van der Waals surface area contributed by atoms with Crippen LogP contribution in [0.4, 0.5) is 16.3 Å². The van der Waals surface area contributed by atoms with E-state index in [2.05, 4.69) is 20.8 Å². The minimum Gasteiger partial charge on any atom is -0.446 e. The lowest BCUT2D eigenvalue weighted by atomic mass is 10.0. The van der Waals surface area contributed by atoms with E-state index in [4.69, 9.17) is 4.74 Å². The molecule has 1 aromatic heterocycles. The molecule has 0 spiro atoms. The first-order chi connectivity index (χ1) is 16.4. The first kappa shape index (κ1) is 22.4. The van der Waals surface area contributed by atoms with E-state index in [1.54, 1.807) is 4.90 Å². The van der Waals surface area contributed by atoms with Gasteiger partial charge in [-0.2, -0.15) is 5.10 Å². The lowest BCUT2D eigenvalue weighted by molar-refractivity contribution is -0.117. The number of aromatic amines is 1. The standard InChI is InChI=1S/C25H31N5O4/c1-25(10-11-25)27-24(33)34-19-9-6-17(14-19)20-15-21(29-28-20)26-22(31)13-16-4-7-18(8-5-16)30-12-2-3-23(30)32/h4-5,7-8,15,17,19H,2-3,6,9-14H2,1H3,(H,27,33)(H2,26,28,29,31). The first-order valence-corrected chi connectivity index (χ1v) is 12.1. The topological polar surface area (TPSA) is 116 Å². The Morgan fingerprint density at radius 3 is 2.74 bits per heavy atom. The number of carbonyl (C=O) groups is 3. The fourth-order valence-corrected chi connectivity index (χ4v) is 4.77. The summed E-state index contributed by atoms with van der Waals surface area (Å²) in [7, 11) is 0. The lowest BCUT2D eigenvalue weighted by Crippen LogP contribution is -2.36. The summed E-state index contributed by atoms with van der Waals surface area (Å²) >= 11 is 0. The van der Waals surface area contributed by atoms with Crippen LogP contribution in [0, 0.1) is 0 Å². The van der Waals surface area contributed by atoms with Crippen LogP contribution in [0.5, 0.6) is 0 Å². The fraction of sp³-hybridized carbons (Fsp3) is 0.520. The molecule has 3 aliphatic rings. The Morgan fingerprint density at radius 1 is 1.24 bits per heavy atom. The number of amides is 3. The molecular weight excluding hydrogens is 434 g/mol. The van der Waals surface area contributed by atoms with Crippen LogP contribution in [0.3, 0.4) is 0 Å². The average molecular weight is 466 g/mol. The van der Waals surface area contributed by atoms with Gasteiger partial charge in [0.25, 0.3) is 0 Å². The van der Waals surface area contributed by atoms with Gasteiger partial charge in [0.1, 0.15) is 6.10 Å². The second kappa shape index (κ2) is 9.12. The molecule has 2 aliphatic carbocycles. The molecule has 1 saturated heterocycles. The zero-order valence-corrected chi connectivity index (χ0v) is 19.4. The maximum atomic E-state index is 12.5. The molecule has 9 heteroatoms. The average Bonchev–Trinajstić information content (AvgIpc) is 3.21. The summed E-state index contributed by atoms with van der Waals surface area (Å²) in [4.78, 5) is 38.2. The third-order valence-electron chi connectivity index (χ3n) is 7.05. The van der Waals surface area contributed by atoms with Gasteiger partial charge in [-0.25, -0.2) is 4.79 Å². The summed E-state index contributed by atoms with van der Waals surface area (Å²) in [5, 5.41) is 13.0. The Kier molecular flexibility index (Phi) is 6.02. The summed E-state index contributed by atoms with van der Waals surface area (Å²) in [6.45, 7) is 2.78. The van der Waals surface area contributed by atoms with Gasteiger partial charge in [0, 0.05) is 41.9 Å². The van der Waals surface area contributed by atoms with E-state index in [0.29, 0.717) is 12.2 Å². The van der Waals surface area contributed by atoms with Crippen LogP contribution < -0.4 is 15.5 Å². The quantitative estimate of drug-likeness (QED) is 0.577. The van der Waals surface area contributed by atoms with Crippen LogP contribution in [-0.4, -0.2) is 46.3 Å².